The van der Waals surface area contributed by atoms with E-state index in [1.807, 2.05) is 55.5 Å². The Balaban J connectivity index is 1.41. The molecule has 0 amide bonds. The molecule has 25 heavy (non-hydrogen) atoms. The zero-order chi connectivity index (χ0) is 17.5. The molecule has 0 aliphatic carbocycles. The van der Waals surface area contributed by atoms with E-state index in [0.717, 1.165) is 22.8 Å². The summed E-state index contributed by atoms with van der Waals surface area (Å²) in [6.07, 6.45) is 0. The lowest BCUT2D eigenvalue weighted by molar-refractivity contribution is 0.294. The zero-order valence-corrected chi connectivity index (χ0v) is 15.2. The molecule has 1 heterocycles. The van der Waals surface area contributed by atoms with Crippen LogP contribution in [0.3, 0.4) is 0 Å². The maximum absolute atomic E-state index is 5.76. The van der Waals surface area contributed by atoms with Crippen molar-refractivity contribution in [2.24, 2.45) is 0 Å². The van der Waals surface area contributed by atoms with E-state index in [0.29, 0.717) is 24.2 Å². The zero-order valence-electron chi connectivity index (χ0n) is 14.4. The number of ether oxygens (including phenoxy) is 2. The number of benzene rings is 2. The fourth-order valence-corrected chi connectivity index (χ4v) is 2.83. The average Bonchev–Trinajstić information content (AvgIpc) is 3.07. The molecule has 0 fully saturated rings. The predicted molar refractivity (Wildman–Crippen MR) is 99.3 cm³/mol. The van der Waals surface area contributed by atoms with Gasteiger partial charge in [-0.15, -0.1) is 5.10 Å². The third kappa shape index (κ3) is 5.26. The molecule has 0 bridgehead atoms. The summed E-state index contributed by atoms with van der Waals surface area (Å²) < 4.78 is 11.5. The molecule has 6 heteroatoms. The van der Waals surface area contributed by atoms with Crippen LogP contribution in [-0.4, -0.2) is 27.5 Å². The maximum atomic E-state index is 5.76. The first-order valence-electron chi connectivity index (χ1n) is 8.13. The van der Waals surface area contributed by atoms with Crippen molar-refractivity contribution in [3.8, 4) is 11.5 Å². The molecule has 130 valence electrons. The smallest absolute Gasteiger partial charge is 0.208 e. The van der Waals surface area contributed by atoms with Crippen LogP contribution in [0, 0.1) is 13.8 Å². The molecule has 0 saturated heterocycles. The Morgan fingerprint density at radius 3 is 2.60 bits per heavy atom. The van der Waals surface area contributed by atoms with Gasteiger partial charge in [-0.05, 0) is 37.6 Å². The Kier molecular flexibility index (Phi) is 5.95. The van der Waals surface area contributed by atoms with Gasteiger partial charge in [-0.1, -0.05) is 47.7 Å². The van der Waals surface area contributed by atoms with Crippen LogP contribution in [0.5, 0.6) is 11.5 Å². The molecule has 2 aromatic carbocycles. The summed E-state index contributed by atoms with van der Waals surface area (Å²) in [4.78, 5) is 4.43. The molecular formula is C19H21N3O2S. The van der Waals surface area contributed by atoms with Crippen LogP contribution in [0.4, 0.5) is 0 Å². The van der Waals surface area contributed by atoms with Crippen molar-refractivity contribution in [1.29, 1.82) is 0 Å². The summed E-state index contributed by atoms with van der Waals surface area (Å²) in [7, 11) is 0. The quantitative estimate of drug-likeness (QED) is 0.485. The topological polar surface area (TPSA) is 60.0 Å². The maximum Gasteiger partial charge on any atom is 0.208 e. The second-order valence-corrected chi connectivity index (χ2v) is 6.69. The van der Waals surface area contributed by atoms with Crippen molar-refractivity contribution < 1.29 is 9.47 Å². The third-order valence-corrected chi connectivity index (χ3v) is 4.38. The van der Waals surface area contributed by atoms with Crippen LogP contribution >= 0.6 is 11.8 Å². The van der Waals surface area contributed by atoms with Gasteiger partial charge in [-0.3, -0.25) is 5.10 Å². The van der Waals surface area contributed by atoms with Crippen LogP contribution < -0.4 is 9.47 Å². The fourth-order valence-electron chi connectivity index (χ4n) is 2.20. The molecule has 5 nitrogen and oxygen atoms in total. The van der Waals surface area contributed by atoms with E-state index in [4.69, 9.17) is 9.47 Å². The lowest BCUT2D eigenvalue weighted by Gasteiger charge is -2.06. The lowest BCUT2D eigenvalue weighted by atomic mass is 10.2. The Labute approximate surface area is 151 Å². The largest absolute Gasteiger partial charge is 0.493 e. The van der Waals surface area contributed by atoms with Crippen LogP contribution in [0.2, 0.25) is 0 Å². The second kappa shape index (κ2) is 8.58. The van der Waals surface area contributed by atoms with Crippen molar-refractivity contribution in [1.82, 2.24) is 15.2 Å². The Morgan fingerprint density at radius 1 is 1.00 bits per heavy atom. The van der Waals surface area contributed by atoms with Gasteiger partial charge >= 0.3 is 0 Å². The molecule has 0 atom stereocenters. The van der Waals surface area contributed by atoms with Gasteiger partial charge in [-0.25, -0.2) is 4.98 Å². The third-order valence-electron chi connectivity index (χ3n) is 3.57. The summed E-state index contributed by atoms with van der Waals surface area (Å²) in [6.45, 7) is 5.06. The standard InChI is InChI=1S/C19H21N3O2S/c1-14-7-9-16(10-8-14)23-11-12-25-19-20-18(21-22-19)13-24-17-6-4-3-5-15(17)2/h3-10H,11-13H2,1-2H3,(H,20,21,22). The monoisotopic (exact) mass is 355 g/mol. The molecule has 0 aliphatic heterocycles. The summed E-state index contributed by atoms with van der Waals surface area (Å²) >= 11 is 1.55. The highest BCUT2D eigenvalue weighted by Crippen LogP contribution is 2.18. The first kappa shape index (κ1) is 17.4. The van der Waals surface area contributed by atoms with Crippen molar-refractivity contribution in [2.75, 3.05) is 12.4 Å². The second-order valence-electron chi connectivity index (χ2n) is 5.63. The highest BCUT2D eigenvalue weighted by Gasteiger charge is 2.06. The Morgan fingerprint density at radius 2 is 1.80 bits per heavy atom. The number of aromatic nitrogens is 3. The first-order valence-corrected chi connectivity index (χ1v) is 9.11. The van der Waals surface area contributed by atoms with E-state index < -0.39 is 0 Å². The van der Waals surface area contributed by atoms with Crippen LogP contribution in [0.15, 0.2) is 53.7 Å². The Bertz CT molecular complexity index is 802. The normalized spacial score (nSPS) is 10.6. The van der Waals surface area contributed by atoms with Crippen molar-refractivity contribution in [2.45, 2.75) is 25.6 Å². The van der Waals surface area contributed by atoms with E-state index in [-0.39, 0.29) is 0 Å². The van der Waals surface area contributed by atoms with Gasteiger partial charge in [0, 0.05) is 5.75 Å². The minimum absolute atomic E-state index is 0.373. The number of para-hydroxylation sites is 1. The van der Waals surface area contributed by atoms with Crippen molar-refractivity contribution in [3.63, 3.8) is 0 Å². The van der Waals surface area contributed by atoms with Gasteiger partial charge in [0.05, 0.1) is 6.61 Å². The SMILES string of the molecule is Cc1ccc(OCCSc2n[nH]c(COc3ccccc3C)n2)cc1. The van der Waals surface area contributed by atoms with Crippen LogP contribution in [-0.2, 0) is 6.61 Å². The number of hydrogen-bond donors (Lipinski definition) is 1. The number of H-pyrrole nitrogens is 1. The van der Waals surface area contributed by atoms with Crippen molar-refractivity contribution >= 4 is 11.8 Å². The van der Waals surface area contributed by atoms with Gasteiger partial charge in [0.15, 0.2) is 5.82 Å². The van der Waals surface area contributed by atoms with Crippen LogP contribution in [0.1, 0.15) is 17.0 Å². The van der Waals surface area contributed by atoms with E-state index in [2.05, 4.69) is 22.1 Å². The predicted octanol–water partition coefficient (Wildman–Crippen LogP) is 4.17. The minimum Gasteiger partial charge on any atom is -0.493 e. The Hall–Kier alpha value is -2.47. The number of hydrogen-bond acceptors (Lipinski definition) is 5. The molecular weight excluding hydrogens is 334 g/mol. The van der Waals surface area contributed by atoms with Gasteiger partial charge in [0.2, 0.25) is 5.16 Å². The van der Waals surface area contributed by atoms with Gasteiger partial charge in [0.25, 0.3) is 0 Å². The number of aryl methyl sites for hydroxylation is 2. The lowest BCUT2D eigenvalue weighted by Crippen LogP contribution is -2.00. The molecule has 1 aromatic heterocycles. The molecule has 0 aliphatic rings. The summed E-state index contributed by atoms with van der Waals surface area (Å²) in [5.41, 5.74) is 2.33. The summed E-state index contributed by atoms with van der Waals surface area (Å²) in [5, 5.41) is 7.82. The number of nitrogens with zero attached hydrogens (tertiary/aromatic N) is 2. The molecule has 0 radical (unpaired) electrons. The number of rotatable bonds is 8. The highest BCUT2D eigenvalue weighted by atomic mass is 32.2. The van der Waals surface area contributed by atoms with E-state index in [1.54, 1.807) is 11.8 Å². The van der Waals surface area contributed by atoms with E-state index in [1.165, 1.54) is 5.56 Å². The summed E-state index contributed by atoms with van der Waals surface area (Å²) in [5.74, 6) is 3.24. The number of thioether (sulfide) groups is 1. The van der Waals surface area contributed by atoms with Gasteiger partial charge < -0.3 is 9.47 Å². The van der Waals surface area contributed by atoms with Crippen LogP contribution in [0.25, 0.3) is 0 Å². The van der Waals surface area contributed by atoms with Crippen molar-refractivity contribution in [3.05, 3.63) is 65.5 Å². The molecule has 0 spiro atoms. The molecule has 3 aromatic rings. The molecule has 3 rings (SSSR count). The highest BCUT2D eigenvalue weighted by molar-refractivity contribution is 7.99. The number of nitrogens with one attached hydrogen (secondary N) is 1. The fraction of sp³-hybridized carbons (Fsp3) is 0.263. The van der Waals surface area contributed by atoms with E-state index in [9.17, 15) is 0 Å². The number of aromatic amines is 1. The van der Waals surface area contributed by atoms with E-state index >= 15 is 0 Å². The van der Waals surface area contributed by atoms with Gasteiger partial charge in [0.1, 0.15) is 18.1 Å². The van der Waals surface area contributed by atoms with Gasteiger partial charge in [-0.2, -0.15) is 0 Å². The first-order chi connectivity index (χ1) is 12.2. The molecule has 1 N–H and O–H groups in total. The molecule has 0 unspecified atom stereocenters. The average molecular weight is 355 g/mol. The minimum atomic E-state index is 0.373. The molecule has 0 saturated carbocycles. The summed E-state index contributed by atoms with van der Waals surface area (Å²) in [6, 6.07) is 16.0.